The maximum absolute atomic E-state index is 13.4. The summed E-state index contributed by atoms with van der Waals surface area (Å²) in [5.41, 5.74) is 1.68. The highest BCUT2D eigenvalue weighted by molar-refractivity contribution is 8.00. The van der Waals surface area contributed by atoms with E-state index in [1.165, 1.54) is 4.90 Å². The summed E-state index contributed by atoms with van der Waals surface area (Å²) in [6.07, 6.45) is -0.835. The fourth-order valence-electron chi connectivity index (χ4n) is 3.57. The number of methoxy groups -OCH3 is 1. The molecule has 2 aromatic carbocycles. The van der Waals surface area contributed by atoms with Crippen molar-refractivity contribution in [1.29, 1.82) is 0 Å². The van der Waals surface area contributed by atoms with E-state index in [4.69, 9.17) is 44.3 Å². The third-order valence-electron chi connectivity index (χ3n) is 5.63. The van der Waals surface area contributed by atoms with Gasteiger partial charge in [0, 0.05) is 17.0 Å². The molecular formula is C28H36Cl3N3O5S. The number of hydrogen-bond acceptors (Lipinski definition) is 6. The summed E-state index contributed by atoms with van der Waals surface area (Å²) in [4.78, 5) is 40.4. The summed E-state index contributed by atoms with van der Waals surface area (Å²) < 4.78 is 8.64. The van der Waals surface area contributed by atoms with E-state index >= 15 is 0 Å². The Morgan fingerprint density at radius 2 is 1.60 bits per heavy atom. The number of alkyl halides is 3. The van der Waals surface area contributed by atoms with Crippen molar-refractivity contribution < 1.29 is 23.9 Å². The smallest absolute Gasteiger partial charge is 0.411 e. The van der Waals surface area contributed by atoms with E-state index < -0.39 is 34.5 Å². The van der Waals surface area contributed by atoms with Gasteiger partial charge in [-0.1, -0.05) is 98.0 Å². The Balaban J connectivity index is 2.26. The van der Waals surface area contributed by atoms with Gasteiger partial charge in [0.25, 0.3) is 0 Å². The Morgan fingerprint density at radius 3 is 2.15 bits per heavy atom. The van der Waals surface area contributed by atoms with Gasteiger partial charge in [0.15, 0.2) is 0 Å². The number of carbonyl (C=O) groups excluding carboxylic acids is 3. The van der Waals surface area contributed by atoms with Crippen molar-refractivity contribution in [3.63, 3.8) is 0 Å². The lowest BCUT2D eigenvalue weighted by molar-refractivity contribution is -0.129. The van der Waals surface area contributed by atoms with Crippen molar-refractivity contribution in [2.45, 2.75) is 54.9 Å². The maximum Gasteiger partial charge on any atom is 0.411 e. The van der Waals surface area contributed by atoms with Crippen LogP contribution in [0.4, 0.5) is 4.79 Å². The molecule has 0 saturated carbocycles. The fraction of sp³-hybridized carbons (Fsp3) is 0.464. The fourth-order valence-corrected chi connectivity index (χ4v) is 4.74. The lowest BCUT2D eigenvalue weighted by atomic mass is 10.0. The van der Waals surface area contributed by atoms with Crippen molar-refractivity contribution in [2.24, 2.45) is 0 Å². The molecule has 2 rings (SSSR count). The first-order chi connectivity index (χ1) is 18.7. The number of thioether (sulfide) groups is 1. The van der Waals surface area contributed by atoms with Crippen LogP contribution in [0.25, 0.3) is 0 Å². The van der Waals surface area contributed by atoms with Crippen LogP contribution in [-0.2, 0) is 20.9 Å². The van der Waals surface area contributed by atoms with E-state index in [1.807, 2.05) is 42.5 Å². The molecule has 0 radical (unpaired) electrons. The zero-order valence-electron chi connectivity index (χ0n) is 23.2. The average Bonchev–Trinajstić information content (AvgIpc) is 2.91. The number of amides is 3. The molecule has 0 saturated heterocycles. The molecule has 0 aromatic heterocycles. The van der Waals surface area contributed by atoms with Crippen LogP contribution in [0, 0.1) is 0 Å². The molecule has 0 aliphatic carbocycles. The number of halogens is 3. The van der Waals surface area contributed by atoms with Gasteiger partial charge in [-0.3, -0.25) is 14.5 Å². The van der Waals surface area contributed by atoms with E-state index in [0.29, 0.717) is 18.0 Å². The number of benzene rings is 2. The van der Waals surface area contributed by atoms with Gasteiger partial charge in [0.05, 0.1) is 19.7 Å². The van der Waals surface area contributed by atoms with Crippen LogP contribution in [0.2, 0.25) is 0 Å². The number of hydrogen-bond donors (Lipinski definition) is 2. The van der Waals surface area contributed by atoms with Crippen LogP contribution in [0.3, 0.4) is 0 Å². The standard InChI is InChI=1S/C28H36Cl3N3O5S/c1-19(25(36)33-16-24(35)32-15-20-9-7-6-8-10-20)34(26(37)39-18-28(29,30)31)23(17-40-27(2,3)4)21-11-13-22(38-5)14-12-21/h6-14,19,23H,15-18H2,1-5H3,(H,32,35)(H,33,36)/t19-,23+/m0/s1. The van der Waals surface area contributed by atoms with Crippen LogP contribution in [0.15, 0.2) is 54.6 Å². The molecule has 220 valence electrons. The maximum atomic E-state index is 13.4. The summed E-state index contributed by atoms with van der Waals surface area (Å²) >= 11 is 19.1. The van der Waals surface area contributed by atoms with Crippen molar-refractivity contribution in [1.82, 2.24) is 15.5 Å². The second kappa shape index (κ2) is 15.6. The topological polar surface area (TPSA) is 97.0 Å². The van der Waals surface area contributed by atoms with E-state index in [0.717, 1.165) is 11.1 Å². The van der Waals surface area contributed by atoms with E-state index in [2.05, 4.69) is 31.4 Å². The van der Waals surface area contributed by atoms with Crippen LogP contribution >= 0.6 is 46.6 Å². The number of rotatable bonds is 12. The first-order valence-electron chi connectivity index (χ1n) is 12.6. The number of ether oxygens (including phenoxy) is 2. The van der Waals surface area contributed by atoms with Gasteiger partial charge in [-0.15, -0.1) is 0 Å². The quantitative estimate of drug-likeness (QED) is 0.283. The second-order valence-electron chi connectivity index (χ2n) is 9.95. The zero-order valence-corrected chi connectivity index (χ0v) is 26.3. The number of nitrogens with zero attached hydrogens (tertiary/aromatic N) is 1. The molecule has 3 amide bonds. The van der Waals surface area contributed by atoms with Crippen LogP contribution in [-0.4, -0.2) is 63.4 Å². The molecule has 0 unspecified atom stereocenters. The lowest BCUT2D eigenvalue weighted by Crippen LogP contribution is -2.52. The predicted octanol–water partition coefficient (Wildman–Crippen LogP) is 5.90. The van der Waals surface area contributed by atoms with Gasteiger partial charge in [-0.05, 0) is 30.2 Å². The minimum absolute atomic E-state index is 0.139. The highest BCUT2D eigenvalue weighted by atomic mass is 35.6. The van der Waals surface area contributed by atoms with Gasteiger partial charge in [0.2, 0.25) is 15.6 Å². The zero-order chi connectivity index (χ0) is 29.9. The number of carbonyl (C=O) groups is 3. The molecule has 0 aliphatic rings. The van der Waals surface area contributed by atoms with Crippen molar-refractivity contribution in [2.75, 3.05) is 26.0 Å². The second-order valence-corrected chi connectivity index (χ2v) is 14.3. The molecule has 2 atom stereocenters. The van der Waals surface area contributed by atoms with Gasteiger partial charge >= 0.3 is 6.09 Å². The van der Waals surface area contributed by atoms with Gasteiger partial charge < -0.3 is 20.1 Å². The molecule has 40 heavy (non-hydrogen) atoms. The highest BCUT2D eigenvalue weighted by Crippen LogP contribution is 2.35. The van der Waals surface area contributed by atoms with Crippen LogP contribution in [0.5, 0.6) is 5.75 Å². The van der Waals surface area contributed by atoms with Crippen LogP contribution < -0.4 is 15.4 Å². The van der Waals surface area contributed by atoms with E-state index in [1.54, 1.807) is 37.9 Å². The first kappa shape index (κ1) is 33.9. The van der Waals surface area contributed by atoms with Crippen LogP contribution in [0.1, 0.15) is 44.9 Å². The molecule has 2 aromatic rings. The van der Waals surface area contributed by atoms with E-state index in [-0.39, 0.29) is 17.2 Å². The Kier molecular flexibility index (Phi) is 13.2. The van der Waals surface area contributed by atoms with Gasteiger partial charge in [-0.2, -0.15) is 11.8 Å². The van der Waals surface area contributed by atoms with Gasteiger partial charge in [0.1, 0.15) is 18.4 Å². The third-order valence-corrected chi connectivity index (χ3v) is 7.31. The average molecular weight is 633 g/mol. The minimum atomic E-state index is -1.83. The molecule has 0 aliphatic heterocycles. The summed E-state index contributed by atoms with van der Waals surface area (Å²) in [6.45, 7) is 7.27. The summed E-state index contributed by atoms with van der Waals surface area (Å²) in [5, 5.41) is 5.38. The molecule has 8 nitrogen and oxygen atoms in total. The molecule has 0 bridgehead atoms. The molecule has 0 spiro atoms. The highest BCUT2D eigenvalue weighted by Gasteiger charge is 2.36. The predicted molar refractivity (Wildman–Crippen MR) is 162 cm³/mol. The van der Waals surface area contributed by atoms with Crippen molar-refractivity contribution >= 4 is 64.5 Å². The largest absolute Gasteiger partial charge is 0.497 e. The van der Waals surface area contributed by atoms with E-state index in [9.17, 15) is 14.4 Å². The SMILES string of the molecule is COc1ccc([C@@H](CSC(C)(C)C)N(C(=O)OCC(Cl)(Cl)Cl)[C@@H](C)C(=O)NCC(=O)NCc2ccccc2)cc1. The third kappa shape index (κ3) is 12.0. The summed E-state index contributed by atoms with van der Waals surface area (Å²) in [7, 11) is 1.56. The minimum Gasteiger partial charge on any atom is -0.497 e. The Hall–Kier alpha value is -2.33. The molecule has 12 heteroatoms. The molecule has 0 fully saturated rings. The molecular weight excluding hydrogens is 597 g/mol. The Labute approximate surface area is 255 Å². The summed E-state index contributed by atoms with van der Waals surface area (Å²) in [5.74, 6) is 0.168. The van der Waals surface area contributed by atoms with Crippen molar-refractivity contribution in [3.8, 4) is 5.75 Å². The molecule has 0 heterocycles. The Bertz CT molecular complexity index is 1110. The molecule has 2 N–H and O–H groups in total. The normalized spacial score (nSPS) is 13.1. The van der Waals surface area contributed by atoms with Gasteiger partial charge in [-0.25, -0.2) is 4.79 Å². The number of nitrogens with one attached hydrogen (secondary N) is 2. The first-order valence-corrected chi connectivity index (χ1v) is 14.7. The Morgan fingerprint density at radius 1 is 0.975 bits per heavy atom. The van der Waals surface area contributed by atoms with Crippen molar-refractivity contribution in [3.05, 3.63) is 65.7 Å². The monoisotopic (exact) mass is 631 g/mol. The lowest BCUT2D eigenvalue weighted by Gasteiger charge is -2.36. The summed E-state index contributed by atoms with van der Waals surface area (Å²) in [6, 6.07) is 15.0.